The molecule has 2 aliphatic carbocycles. The van der Waals surface area contributed by atoms with Crippen molar-refractivity contribution < 1.29 is 24.9 Å². The highest BCUT2D eigenvalue weighted by Crippen LogP contribution is 2.58. The van der Waals surface area contributed by atoms with Gasteiger partial charge in [0.2, 0.25) is 0 Å². The van der Waals surface area contributed by atoms with Gasteiger partial charge in [-0.3, -0.25) is 0 Å². The van der Waals surface area contributed by atoms with E-state index in [2.05, 4.69) is 13.0 Å². The molecule has 27 heavy (non-hydrogen) atoms. The first kappa shape index (κ1) is 19.7. The van der Waals surface area contributed by atoms with Crippen molar-refractivity contribution in [2.24, 2.45) is 17.3 Å². The summed E-state index contributed by atoms with van der Waals surface area (Å²) in [5.74, 6) is -1.29. The molecule has 3 N–H and O–H groups in total. The lowest BCUT2D eigenvalue weighted by Gasteiger charge is -2.43. The minimum atomic E-state index is -0.880. The van der Waals surface area contributed by atoms with Gasteiger partial charge in [0.25, 0.3) is 0 Å². The van der Waals surface area contributed by atoms with Crippen LogP contribution in [0.1, 0.15) is 63.7 Å². The number of rotatable bonds is 3. The second kappa shape index (κ2) is 6.86. The lowest BCUT2D eigenvalue weighted by molar-refractivity contribution is -0.112. The average Bonchev–Trinajstić information content (AvgIpc) is 2.80. The normalized spacial score (nSPS) is 33.3. The number of allylic oxidation sites excluding steroid dienone is 1. The van der Waals surface area contributed by atoms with Gasteiger partial charge in [-0.15, -0.1) is 0 Å². The average molecular weight is 374 g/mol. The molecule has 0 bridgehead atoms. The second-order valence-electron chi connectivity index (χ2n) is 8.88. The first-order valence-corrected chi connectivity index (χ1v) is 9.68. The third-order valence-electron chi connectivity index (χ3n) is 6.67. The molecular weight excluding hydrogens is 344 g/mol. The first-order valence-electron chi connectivity index (χ1n) is 9.68. The van der Waals surface area contributed by atoms with Crippen molar-refractivity contribution in [1.82, 2.24) is 0 Å². The lowest BCUT2D eigenvalue weighted by atomic mass is 9.67. The molecule has 0 saturated heterocycles. The van der Waals surface area contributed by atoms with E-state index in [1.807, 2.05) is 20.8 Å². The molecule has 0 spiro atoms. The fourth-order valence-corrected chi connectivity index (χ4v) is 4.94. The van der Waals surface area contributed by atoms with Crippen LogP contribution >= 0.6 is 0 Å². The van der Waals surface area contributed by atoms with E-state index >= 15 is 0 Å². The summed E-state index contributed by atoms with van der Waals surface area (Å²) in [6.07, 6.45) is 4.82. The van der Waals surface area contributed by atoms with Gasteiger partial charge in [0.1, 0.15) is 6.10 Å². The van der Waals surface area contributed by atoms with Crippen LogP contribution in [0.4, 0.5) is 0 Å². The summed E-state index contributed by atoms with van der Waals surface area (Å²) in [6.45, 7) is 8.26. The molecule has 1 fully saturated rings. The highest BCUT2D eigenvalue weighted by Gasteiger charge is 2.59. The van der Waals surface area contributed by atoms with Gasteiger partial charge in [0, 0.05) is 12.3 Å². The number of esters is 1. The van der Waals surface area contributed by atoms with E-state index in [-0.39, 0.29) is 34.3 Å². The highest BCUT2D eigenvalue weighted by atomic mass is 16.5. The Labute approximate surface area is 160 Å². The standard InChI is InChI=1S/C22H30O5/c1-13(2)22(26)10-9-21(4)8-7-14(3)11-18(19(21)22)27-20(25)15-5-6-16(23)17(24)12-15/h5-7,12-13,18-19,23-24,26H,8-11H2,1-4H3/t18-,19-,21-,22+/m1/s1. The molecule has 0 aliphatic heterocycles. The maximum atomic E-state index is 12.8. The van der Waals surface area contributed by atoms with Crippen LogP contribution in [0.5, 0.6) is 11.5 Å². The molecule has 5 heteroatoms. The maximum Gasteiger partial charge on any atom is 0.338 e. The number of carbonyl (C=O) groups excluding carboxylic acids is 1. The molecule has 5 nitrogen and oxygen atoms in total. The molecular formula is C22H30O5. The number of hydrogen-bond acceptors (Lipinski definition) is 5. The third kappa shape index (κ3) is 3.45. The molecule has 1 saturated carbocycles. The van der Waals surface area contributed by atoms with Crippen molar-refractivity contribution in [3.63, 3.8) is 0 Å². The number of aromatic hydroxyl groups is 2. The highest BCUT2D eigenvalue weighted by molar-refractivity contribution is 5.90. The zero-order valence-electron chi connectivity index (χ0n) is 16.5. The van der Waals surface area contributed by atoms with Gasteiger partial charge in [-0.05, 0) is 55.7 Å². The molecule has 3 rings (SSSR count). The fraction of sp³-hybridized carbons (Fsp3) is 0.591. The van der Waals surface area contributed by atoms with Crippen LogP contribution in [-0.2, 0) is 4.74 Å². The summed E-state index contributed by atoms with van der Waals surface area (Å²) in [5, 5.41) is 30.6. The van der Waals surface area contributed by atoms with Crippen molar-refractivity contribution in [3.8, 4) is 11.5 Å². The van der Waals surface area contributed by atoms with E-state index in [1.165, 1.54) is 18.2 Å². The Hall–Kier alpha value is -2.01. The van der Waals surface area contributed by atoms with E-state index in [0.29, 0.717) is 12.8 Å². The molecule has 0 heterocycles. The number of phenolic OH excluding ortho intramolecular Hbond substituents is 2. The van der Waals surface area contributed by atoms with Gasteiger partial charge in [0.15, 0.2) is 11.5 Å². The molecule has 0 unspecified atom stereocenters. The number of benzene rings is 1. The molecule has 0 radical (unpaired) electrons. The summed E-state index contributed by atoms with van der Waals surface area (Å²) < 4.78 is 5.91. The van der Waals surface area contributed by atoms with E-state index in [9.17, 15) is 20.1 Å². The van der Waals surface area contributed by atoms with Crippen molar-refractivity contribution in [2.75, 3.05) is 0 Å². The number of carbonyl (C=O) groups is 1. The molecule has 1 aromatic rings. The summed E-state index contributed by atoms with van der Waals surface area (Å²) >= 11 is 0. The Morgan fingerprint density at radius 1 is 1.22 bits per heavy atom. The van der Waals surface area contributed by atoms with E-state index < -0.39 is 17.7 Å². The number of aliphatic hydroxyl groups is 1. The van der Waals surface area contributed by atoms with Crippen molar-refractivity contribution in [1.29, 1.82) is 0 Å². The Morgan fingerprint density at radius 2 is 1.93 bits per heavy atom. The van der Waals surface area contributed by atoms with Crippen LogP contribution in [0.3, 0.4) is 0 Å². The third-order valence-corrected chi connectivity index (χ3v) is 6.67. The largest absolute Gasteiger partial charge is 0.504 e. The van der Waals surface area contributed by atoms with Crippen LogP contribution in [0.15, 0.2) is 29.8 Å². The monoisotopic (exact) mass is 374 g/mol. The second-order valence-corrected chi connectivity index (χ2v) is 8.88. The van der Waals surface area contributed by atoms with Gasteiger partial charge in [-0.1, -0.05) is 32.4 Å². The van der Waals surface area contributed by atoms with Gasteiger partial charge in [0.05, 0.1) is 11.2 Å². The summed E-state index contributed by atoms with van der Waals surface area (Å²) in [4.78, 5) is 12.8. The summed E-state index contributed by atoms with van der Waals surface area (Å²) in [5.41, 5.74) is 0.334. The van der Waals surface area contributed by atoms with E-state index in [1.54, 1.807) is 0 Å². The Morgan fingerprint density at radius 3 is 2.56 bits per heavy atom. The fourth-order valence-electron chi connectivity index (χ4n) is 4.94. The van der Waals surface area contributed by atoms with Gasteiger partial charge in [-0.25, -0.2) is 4.79 Å². The molecule has 148 valence electrons. The predicted molar refractivity (Wildman–Crippen MR) is 103 cm³/mol. The van der Waals surface area contributed by atoms with E-state index in [4.69, 9.17) is 4.74 Å². The van der Waals surface area contributed by atoms with Crippen LogP contribution in [-0.4, -0.2) is 33.0 Å². The molecule has 0 amide bonds. The minimum Gasteiger partial charge on any atom is -0.504 e. The summed E-state index contributed by atoms with van der Waals surface area (Å²) in [7, 11) is 0. The number of fused-ring (bicyclic) bond motifs is 1. The Kier molecular flexibility index (Phi) is 5.02. The van der Waals surface area contributed by atoms with Gasteiger partial charge >= 0.3 is 5.97 Å². The molecule has 2 aliphatic rings. The van der Waals surface area contributed by atoms with Crippen LogP contribution in [0, 0.1) is 17.3 Å². The predicted octanol–water partition coefficient (Wildman–Crippen LogP) is 4.17. The van der Waals surface area contributed by atoms with Crippen LogP contribution < -0.4 is 0 Å². The van der Waals surface area contributed by atoms with Crippen molar-refractivity contribution in [3.05, 3.63) is 35.4 Å². The Balaban J connectivity index is 1.94. The Bertz CT molecular complexity index is 768. The topological polar surface area (TPSA) is 87.0 Å². The number of phenols is 2. The SMILES string of the molecule is CC1=CC[C@]2(C)CC[C@](O)(C(C)C)[C@@H]2[C@H](OC(=O)c2ccc(O)c(O)c2)C1. The smallest absolute Gasteiger partial charge is 0.338 e. The van der Waals surface area contributed by atoms with E-state index in [0.717, 1.165) is 18.4 Å². The molecule has 0 aromatic heterocycles. The van der Waals surface area contributed by atoms with Crippen molar-refractivity contribution >= 4 is 5.97 Å². The first-order chi connectivity index (χ1) is 12.6. The molecule has 4 atom stereocenters. The molecule has 1 aromatic carbocycles. The quantitative estimate of drug-likeness (QED) is 0.420. The van der Waals surface area contributed by atoms with Crippen LogP contribution in [0.2, 0.25) is 0 Å². The lowest BCUT2D eigenvalue weighted by Crippen LogP contribution is -2.50. The zero-order valence-corrected chi connectivity index (χ0v) is 16.5. The van der Waals surface area contributed by atoms with Gasteiger partial charge < -0.3 is 20.1 Å². The number of hydrogen-bond donors (Lipinski definition) is 3. The maximum absolute atomic E-state index is 12.8. The van der Waals surface area contributed by atoms with Gasteiger partial charge in [-0.2, -0.15) is 0 Å². The number of ether oxygens (including phenoxy) is 1. The van der Waals surface area contributed by atoms with Crippen molar-refractivity contribution in [2.45, 2.75) is 65.1 Å². The minimum absolute atomic E-state index is 0.0571. The zero-order chi connectivity index (χ0) is 20.0. The van der Waals surface area contributed by atoms with Crippen LogP contribution in [0.25, 0.3) is 0 Å². The summed E-state index contributed by atoms with van der Waals surface area (Å²) in [6, 6.07) is 3.91.